The zero-order chi connectivity index (χ0) is 20.8. The summed E-state index contributed by atoms with van der Waals surface area (Å²) in [4.78, 5) is 21.7. The van der Waals surface area contributed by atoms with E-state index in [1.165, 1.54) is 6.26 Å². The monoisotopic (exact) mass is 415 g/mol. The molecule has 0 saturated carbocycles. The van der Waals surface area contributed by atoms with Gasteiger partial charge in [0, 0.05) is 38.1 Å². The zero-order valence-electron chi connectivity index (χ0n) is 16.8. The fraction of sp³-hybridized carbons (Fsp3) is 0.429. The topological polar surface area (TPSA) is 79.8 Å². The van der Waals surface area contributed by atoms with Crippen molar-refractivity contribution in [2.24, 2.45) is 0 Å². The number of amides is 1. The number of anilines is 2. The molecule has 7 nitrogen and oxygen atoms in total. The third-order valence-corrected chi connectivity index (χ3v) is 6.82. The Kier molecular flexibility index (Phi) is 5.08. The molecule has 0 radical (unpaired) electrons. The van der Waals surface area contributed by atoms with E-state index in [9.17, 15) is 13.2 Å². The van der Waals surface area contributed by atoms with Crippen molar-refractivity contribution >= 4 is 27.2 Å². The van der Waals surface area contributed by atoms with Gasteiger partial charge in [-0.15, -0.1) is 0 Å². The average molecular weight is 416 g/mol. The fourth-order valence-electron chi connectivity index (χ4n) is 4.09. The summed E-state index contributed by atoms with van der Waals surface area (Å²) in [6, 6.07) is 10.4. The van der Waals surface area contributed by atoms with Crippen molar-refractivity contribution < 1.29 is 17.9 Å². The third kappa shape index (κ3) is 3.62. The smallest absolute Gasteiger partial charge is 0.249 e. The minimum atomic E-state index is -3.31. The first kappa shape index (κ1) is 19.8. The maximum Gasteiger partial charge on any atom is 0.249 e. The molecular weight excluding hydrogens is 390 g/mol. The highest BCUT2D eigenvalue weighted by Gasteiger charge is 2.39. The van der Waals surface area contributed by atoms with Gasteiger partial charge in [0.2, 0.25) is 5.91 Å². The first-order valence-electron chi connectivity index (χ1n) is 9.72. The van der Waals surface area contributed by atoms with Gasteiger partial charge in [-0.05, 0) is 44.0 Å². The van der Waals surface area contributed by atoms with Crippen LogP contribution in [0.4, 0.5) is 11.5 Å². The van der Waals surface area contributed by atoms with E-state index in [2.05, 4.69) is 4.90 Å². The Labute approximate surface area is 171 Å². The highest BCUT2D eigenvalue weighted by atomic mass is 32.2. The quantitative estimate of drug-likeness (QED) is 0.766. The van der Waals surface area contributed by atoms with Crippen molar-refractivity contribution in [3.05, 3.63) is 36.4 Å². The molecule has 1 saturated heterocycles. The predicted molar refractivity (Wildman–Crippen MR) is 112 cm³/mol. The third-order valence-electron chi connectivity index (χ3n) is 5.71. The van der Waals surface area contributed by atoms with Gasteiger partial charge < -0.3 is 14.5 Å². The molecule has 8 heteroatoms. The van der Waals surface area contributed by atoms with Crippen LogP contribution in [0.15, 0.2) is 41.3 Å². The lowest BCUT2D eigenvalue weighted by Gasteiger charge is -2.44. The summed E-state index contributed by atoms with van der Waals surface area (Å²) < 4.78 is 29.4. The number of sulfone groups is 1. The van der Waals surface area contributed by atoms with Crippen LogP contribution in [0, 0.1) is 0 Å². The van der Waals surface area contributed by atoms with Crippen LogP contribution in [0.25, 0.3) is 11.3 Å². The van der Waals surface area contributed by atoms with Crippen LogP contribution >= 0.6 is 0 Å². The van der Waals surface area contributed by atoms with Gasteiger partial charge in [0.1, 0.15) is 6.04 Å². The number of ether oxygens (including phenoxy) is 1. The van der Waals surface area contributed by atoms with E-state index in [0.29, 0.717) is 18.9 Å². The van der Waals surface area contributed by atoms with Gasteiger partial charge in [0.05, 0.1) is 16.3 Å². The fourth-order valence-corrected chi connectivity index (χ4v) is 4.76. The SMILES string of the molecule is C[C@@H]1C(=O)N(C)c2ccc(-c3cccc(S(C)(=O)=O)c3)nc2N1C1CCOCC1. The Morgan fingerprint density at radius 2 is 1.86 bits per heavy atom. The normalized spacial score (nSPS) is 20.7. The lowest BCUT2D eigenvalue weighted by atomic mass is 10.0. The molecule has 0 unspecified atom stereocenters. The van der Waals surface area contributed by atoms with Crippen LogP contribution in [-0.4, -0.2) is 57.9 Å². The van der Waals surface area contributed by atoms with E-state index in [0.717, 1.165) is 29.9 Å². The molecule has 29 heavy (non-hydrogen) atoms. The highest BCUT2D eigenvalue weighted by molar-refractivity contribution is 7.90. The molecule has 3 heterocycles. The molecule has 1 aromatic heterocycles. The molecule has 1 atom stereocenters. The number of hydrogen-bond donors (Lipinski definition) is 0. The standard InChI is InChI=1S/C21H25N3O4S/c1-14-21(25)23(2)19-8-7-18(15-5-4-6-17(13-15)29(3,26)27)22-20(19)24(14)16-9-11-28-12-10-16/h4-8,13-14,16H,9-12H2,1-3H3/t14-/m1/s1. The molecule has 1 amide bonds. The molecule has 0 spiro atoms. The molecule has 4 rings (SSSR count). The molecule has 154 valence electrons. The van der Waals surface area contributed by atoms with Crippen LogP contribution < -0.4 is 9.80 Å². The van der Waals surface area contributed by atoms with Crippen molar-refractivity contribution in [3.63, 3.8) is 0 Å². The summed E-state index contributed by atoms with van der Waals surface area (Å²) >= 11 is 0. The molecule has 0 aliphatic carbocycles. The van der Waals surface area contributed by atoms with Gasteiger partial charge in [-0.1, -0.05) is 12.1 Å². The highest BCUT2D eigenvalue weighted by Crippen LogP contribution is 2.38. The Bertz CT molecular complexity index is 1050. The van der Waals surface area contributed by atoms with E-state index < -0.39 is 9.84 Å². The second-order valence-corrected chi connectivity index (χ2v) is 9.68. The van der Waals surface area contributed by atoms with Crippen LogP contribution in [0.2, 0.25) is 0 Å². The van der Waals surface area contributed by atoms with Gasteiger partial charge in [-0.3, -0.25) is 4.79 Å². The van der Waals surface area contributed by atoms with Crippen LogP contribution in [0.3, 0.4) is 0 Å². The molecule has 0 N–H and O–H groups in total. The summed E-state index contributed by atoms with van der Waals surface area (Å²) in [7, 11) is -1.54. The van der Waals surface area contributed by atoms with Crippen molar-refractivity contribution in [3.8, 4) is 11.3 Å². The summed E-state index contributed by atoms with van der Waals surface area (Å²) in [5.74, 6) is 0.798. The molecule has 2 aliphatic rings. The zero-order valence-corrected chi connectivity index (χ0v) is 17.6. The maximum atomic E-state index is 12.8. The minimum absolute atomic E-state index is 0.0395. The average Bonchev–Trinajstić information content (AvgIpc) is 2.72. The number of carbonyl (C=O) groups is 1. The molecule has 1 fully saturated rings. The van der Waals surface area contributed by atoms with Gasteiger partial charge in [0.25, 0.3) is 0 Å². The Morgan fingerprint density at radius 3 is 2.55 bits per heavy atom. The minimum Gasteiger partial charge on any atom is -0.381 e. The van der Waals surface area contributed by atoms with Gasteiger partial charge in [0.15, 0.2) is 15.7 Å². The van der Waals surface area contributed by atoms with E-state index in [1.54, 1.807) is 30.1 Å². The lowest BCUT2D eigenvalue weighted by molar-refractivity contribution is -0.119. The number of rotatable bonds is 3. The van der Waals surface area contributed by atoms with Crippen molar-refractivity contribution in [1.82, 2.24) is 4.98 Å². The number of likely N-dealkylation sites (N-methyl/N-ethyl adjacent to an activating group) is 1. The second-order valence-electron chi connectivity index (χ2n) is 7.66. The van der Waals surface area contributed by atoms with E-state index in [4.69, 9.17) is 9.72 Å². The van der Waals surface area contributed by atoms with Crippen LogP contribution in [0.1, 0.15) is 19.8 Å². The van der Waals surface area contributed by atoms with Gasteiger partial charge in [-0.2, -0.15) is 0 Å². The van der Waals surface area contributed by atoms with E-state index in [-0.39, 0.29) is 22.9 Å². The van der Waals surface area contributed by atoms with Gasteiger partial charge in [-0.25, -0.2) is 13.4 Å². The Hall–Kier alpha value is -2.45. The molecule has 0 bridgehead atoms. The summed E-state index contributed by atoms with van der Waals surface area (Å²) in [5.41, 5.74) is 2.18. The summed E-state index contributed by atoms with van der Waals surface area (Å²) in [5, 5.41) is 0. The van der Waals surface area contributed by atoms with Crippen LogP contribution in [0.5, 0.6) is 0 Å². The number of carbonyl (C=O) groups excluding carboxylic acids is 1. The van der Waals surface area contributed by atoms with E-state index in [1.807, 2.05) is 25.1 Å². The van der Waals surface area contributed by atoms with Crippen molar-refractivity contribution in [2.45, 2.75) is 36.7 Å². The molecule has 1 aromatic carbocycles. The lowest BCUT2D eigenvalue weighted by Crippen LogP contribution is -2.56. The largest absolute Gasteiger partial charge is 0.381 e. The molecule has 2 aliphatic heterocycles. The van der Waals surface area contributed by atoms with E-state index >= 15 is 0 Å². The molecule has 2 aromatic rings. The number of fused-ring (bicyclic) bond motifs is 1. The first-order valence-corrected chi connectivity index (χ1v) is 11.6. The summed E-state index contributed by atoms with van der Waals surface area (Å²) in [6.07, 6.45) is 2.88. The van der Waals surface area contributed by atoms with Gasteiger partial charge >= 0.3 is 0 Å². The number of benzene rings is 1. The van der Waals surface area contributed by atoms with Crippen LogP contribution in [-0.2, 0) is 19.4 Å². The molecular formula is C21H25N3O4S. The predicted octanol–water partition coefficient (Wildman–Crippen LogP) is 2.50. The maximum absolute atomic E-state index is 12.8. The number of pyridine rings is 1. The number of aromatic nitrogens is 1. The Balaban J connectivity index is 1.82. The Morgan fingerprint density at radius 1 is 1.14 bits per heavy atom. The van der Waals surface area contributed by atoms with Crippen molar-refractivity contribution in [2.75, 3.05) is 36.3 Å². The number of hydrogen-bond acceptors (Lipinski definition) is 6. The second kappa shape index (κ2) is 7.42. The first-order chi connectivity index (χ1) is 13.8. The van der Waals surface area contributed by atoms with Crippen molar-refractivity contribution in [1.29, 1.82) is 0 Å². The summed E-state index contributed by atoms with van der Waals surface area (Å²) in [6.45, 7) is 3.25. The number of nitrogens with zero attached hydrogens (tertiary/aromatic N) is 3.